The fourth-order valence-electron chi connectivity index (χ4n) is 2.17. The number of hydrogen-bond acceptors (Lipinski definition) is 3. The van der Waals surface area contributed by atoms with Crippen LogP contribution >= 0.6 is 11.3 Å². The molecular weight excluding hydrogens is 299 g/mol. The molecule has 0 saturated heterocycles. The van der Waals surface area contributed by atoms with Gasteiger partial charge in [0.1, 0.15) is 10.7 Å². The summed E-state index contributed by atoms with van der Waals surface area (Å²) in [6.45, 7) is 4.69. The van der Waals surface area contributed by atoms with Gasteiger partial charge >= 0.3 is 0 Å². The quantitative estimate of drug-likeness (QED) is 0.780. The number of carbonyl (C=O) groups excluding carboxylic acids is 1. The normalized spacial score (nSPS) is 10.7. The van der Waals surface area contributed by atoms with Gasteiger partial charge in [-0.2, -0.15) is 0 Å². The second-order valence-corrected chi connectivity index (χ2v) is 6.37. The highest BCUT2D eigenvalue weighted by atomic mass is 32.1. The number of halogens is 1. The lowest BCUT2D eigenvalue weighted by Gasteiger charge is -2.02. The maximum absolute atomic E-state index is 12.9. The van der Waals surface area contributed by atoms with Crippen molar-refractivity contribution in [3.8, 4) is 0 Å². The van der Waals surface area contributed by atoms with Gasteiger partial charge in [-0.25, -0.2) is 9.37 Å². The van der Waals surface area contributed by atoms with E-state index in [1.807, 2.05) is 6.92 Å². The van der Waals surface area contributed by atoms with Crippen LogP contribution in [0.3, 0.4) is 0 Å². The third-order valence-corrected chi connectivity index (χ3v) is 4.54. The van der Waals surface area contributed by atoms with Gasteiger partial charge in [0.2, 0.25) is 0 Å². The zero-order valence-electron chi connectivity index (χ0n) is 13.0. The van der Waals surface area contributed by atoms with Crippen LogP contribution in [0.4, 0.5) is 4.39 Å². The van der Waals surface area contributed by atoms with Crippen LogP contribution in [0, 0.1) is 12.7 Å². The summed E-state index contributed by atoms with van der Waals surface area (Å²) in [5, 5.41) is 3.82. The third-order valence-electron chi connectivity index (χ3n) is 3.38. The molecule has 0 atom stereocenters. The van der Waals surface area contributed by atoms with E-state index in [-0.39, 0.29) is 11.7 Å². The van der Waals surface area contributed by atoms with E-state index in [4.69, 9.17) is 0 Å². The topological polar surface area (TPSA) is 42.0 Å². The minimum atomic E-state index is -0.244. The number of nitrogens with one attached hydrogen (secondary N) is 1. The molecule has 2 aromatic rings. The van der Waals surface area contributed by atoms with Gasteiger partial charge in [-0.05, 0) is 31.0 Å². The molecule has 0 aliphatic rings. The molecule has 1 amide bonds. The first-order valence-corrected chi connectivity index (χ1v) is 8.40. The van der Waals surface area contributed by atoms with Crippen molar-refractivity contribution in [2.24, 2.45) is 0 Å². The van der Waals surface area contributed by atoms with Crippen molar-refractivity contribution in [1.82, 2.24) is 10.3 Å². The predicted molar refractivity (Wildman–Crippen MR) is 87.9 cm³/mol. The summed E-state index contributed by atoms with van der Waals surface area (Å²) in [5.41, 5.74) is 1.75. The molecule has 0 aliphatic carbocycles. The van der Waals surface area contributed by atoms with Crippen molar-refractivity contribution < 1.29 is 9.18 Å². The summed E-state index contributed by atoms with van der Waals surface area (Å²) in [4.78, 5) is 17.3. The fraction of sp³-hybridized carbons (Fsp3) is 0.412. The minimum absolute atomic E-state index is 0.0449. The van der Waals surface area contributed by atoms with Gasteiger partial charge in [0.25, 0.3) is 5.91 Å². The first-order valence-electron chi connectivity index (χ1n) is 7.59. The van der Waals surface area contributed by atoms with Crippen LogP contribution in [0.2, 0.25) is 0 Å². The number of carbonyl (C=O) groups is 1. The fourth-order valence-corrected chi connectivity index (χ4v) is 3.19. The molecule has 0 bridgehead atoms. The zero-order chi connectivity index (χ0) is 15.9. The van der Waals surface area contributed by atoms with E-state index in [0.29, 0.717) is 17.8 Å². The van der Waals surface area contributed by atoms with Crippen molar-refractivity contribution in [1.29, 1.82) is 0 Å². The highest BCUT2D eigenvalue weighted by Gasteiger charge is 2.15. The molecule has 1 heterocycles. The van der Waals surface area contributed by atoms with E-state index >= 15 is 0 Å². The lowest BCUT2D eigenvalue weighted by Crippen LogP contribution is -2.24. The Morgan fingerprint density at radius 3 is 2.68 bits per heavy atom. The van der Waals surface area contributed by atoms with Crippen LogP contribution < -0.4 is 5.32 Å². The molecule has 0 saturated carbocycles. The Labute approximate surface area is 134 Å². The van der Waals surface area contributed by atoms with Crippen LogP contribution in [0.1, 0.15) is 52.1 Å². The molecule has 118 valence electrons. The van der Waals surface area contributed by atoms with Gasteiger partial charge in [0.15, 0.2) is 0 Å². The molecule has 0 spiro atoms. The lowest BCUT2D eigenvalue weighted by molar-refractivity contribution is 0.0956. The van der Waals surface area contributed by atoms with E-state index in [2.05, 4.69) is 17.2 Å². The summed E-state index contributed by atoms with van der Waals surface area (Å²) in [5.74, 6) is -0.289. The average molecular weight is 320 g/mol. The van der Waals surface area contributed by atoms with Crippen molar-refractivity contribution in [2.45, 2.75) is 39.5 Å². The summed E-state index contributed by atoms with van der Waals surface area (Å²) in [6, 6.07) is 6.38. The van der Waals surface area contributed by atoms with E-state index in [9.17, 15) is 9.18 Å². The highest BCUT2D eigenvalue weighted by molar-refractivity contribution is 7.13. The first kappa shape index (κ1) is 16.6. The van der Waals surface area contributed by atoms with Gasteiger partial charge < -0.3 is 5.32 Å². The Bertz CT molecular complexity index is 622. The first-order chi connectivity index (χ1) is 10.6. The van der Waals surface area contributed by atoms with E-state index in [0.717, 1.165) is 35.5 Å². The number of nitrogens with zero attached hydrogens (tertiary/aromatic N) is 1. The second-order valence-electron chi connectivity index (χ2n) is 5.29. The average Bonchev–Trinajstić information content (AvgIpc) is 2.86. The summed E-state index contributed by atoms with van der Waals surface area (Å²) < 4.78 is 12.9. The van der Waals surface area contributed by atoms with Crippen molar-refractivity contribution >= 4 is 17.2 Å². The highest BCUT2D eigenvalue weighted by Crippen LogP contribution is 2.21. The van der Waals surface area contributed by atoms with Crippen molar-refractivity contribution in [3.05, 3.63) is 51.2 Å². The molecule has 0 radical (unpaired) electrons. The molecule has 22 heavy (non-hydrogen) atoms. The van der Waals surface area contributed by atoms with Gasteiger partial charge in [0, 0.05) is 13.0 Å². The largest absolute Gasteiger partial charge is 0.351 e. The summed E-state index contributed by atoms with van der Waals surface area (Å²) in [7, 11) is 0. The lowest BCUT2D eigenvalue weighted by atomic mass is 10.1. The van der Waals surface area contributed by atoms with Gasteiger partial charge in [-0.15, -0.1) is 11.3 Å². The Morgan fingerprint density at radius 1 is 1.27 bits per heavy atom. The van der Waals surface area contributed by atoms with Crippen molar-refractivity contribution in [2.75, 3.05) is 6.54 Å². The summed E-state index contributed by atoms with van der Waals surface area (Å²) >= 11 is 1.41. The predicted octanol–water partition coefficient (Wildman–Crippen LogP) is 4.10. The maximum atomic E-state index is 12.9. The van der Waals surface area contributed by atoms with E-state index in [1.165, 1.54) is 23.5 Å². The van der Waals surface area contributed by atoms with Crippen LogP contribution in [-0.4, -0.2) is 17.4 Å². The Hall–Kier alpha value is -1.75. The van der Waals surface area contributed by atoms with Crippen LogP contribution in [-0.2, 0) is 6.42 Å². The molecule has 1 N–H and O–H groups in total. The standard InChI is InChI=1S/C17H21FN2OS/c1-3-4-5-10-19-17(21)16-12(2)20-15(22-16)11-13-6-8-14(18)9-7-13/h6-9H,3-5,10-11H2,1-2H3,(H,19,21). The molecule has 1 aromatic heterocycles. The number of aromatic nitrogens is 1. The third kappa shape index (κ3) is 4.63. The molecule has 0 fully saturated rings. The molecular formula is C17H21FN2OS. The number of thiazole rings is 1. The molecule has 1 aromatic carbocycles. The molecule has 0 aliphatic heterocycles. The summed E-state index contributed by atoms with van der Waals surface area (Å²) in [6.07, 6.45) is 3.88. The number of rotatable bonds is 7. The second kappa shape index (κ2) is 8.03. The smallest absolute Gasteiger partial charge is 0.263 e. The zero-order valence-corrected chi connectivity index (χ0v) is 13.8. The number of benzene rings is 1. The Kier molecular flexibility index (Phi) is 6.07. The van der Waals surface area contributed by atoms with E-state index in [1.54, 1.807) is 12.1 Å². The van der Waals surface area contributed by atoms with Crippen LogP contribution in [0.15, 0.2) is 24.3 Å². The molecule has 2 rings (SSSR count). The molecule has 3 nitrogen and oxygen atoms in total. The molecule has 0 unspecified atom stereocenters. The van der Waals surface area contributed by atoms with Gasteiger partial charge in [-0.3, -0.25) is 4.79 Å². The number of amides is 1. The van der Waals surface area contributed by atoms with Gasteiger partial charge in [-0.1, -0.05) is 31.9 Å². The number of hydrogen-bond donors (Lipinski definition) is 1. The van der Waals surface area contributed by atoms with Crippen molar-refractivity contribution in [3.63, 3.8) is 0 Å². The Morgan fingerprint density at radius 2 is 2.00 bits per heavy atom. The minimum Gasteiger partial charge on any atom is -0.351 e. The Balaban J connectivity index is 1.98. The number of aryl methyl sites for hydroxylation is 1. The van der Waals surface area contributed by atoms with E-state index < -0.39 is 0 Å². The van der Waals surface area contributed by atoms with Gasteiger partial charge in [0.05, 0.1) is 10.7 Å². The number of unbranched alkanes of at least 4 members (excludes halogenated alkanes) is 2. The SMILES string of the molecule is CCCCCNC(=O)c1sc(Cc2ccc(F)cc2)nc1C. The monoisotopic (exact) mass is 320 g/mol. The van der Waals surface area contributed by atoms with Crippen LogP contribution in [0.25, 0.3) is 0 Å². The molecule has 5 heteroatoms. The van der Waals surface area contributed by atoms with Crippen LogP contribution in [0.5, 0.6) is 0 Å². The maximum Gasteiger partial charge on any atom is 0.263 e.